The summed E-state index contributed by atoms with van der Waals surface area (Å²) >= 11 is 0. The number of hydrogen-bond donors (Lipinski definition) is 0. The molecule has 0 aliphatic heterocycles. The van der Waals surface area contributed by atoms with E-state index in [2.05, 4.69) is 0 Å². The van der Waals surface area contributed by atoms with Crippen LogP contribution in [0.1, 0.15) is 12.0 Å². The third kappa shape index (κ3) is 2.66. The monoisotopic (exact) mass is 164 g/mol. The number of allylic oxidation sites excluding steroid dienone is 1. The van der Waals surface area contributed by atoms with Crippen molar-refractivity contribution in [2.45, 2.75) is 6.42 Å². The third-order valence-electron chi connectivity index (χ3n) is 1.41. The minimum absolute atomic E-state index is 0.248. The first-order valence-corrected chi connectivity index (χ1v) is 3.68. The van der Waals surface area contributed by atoms with Gasteiger partial charge in [0.2, 0.25) is 0 Å². The van der Waals surface area contributed by atoms with E-state index in [-0.39, 0.29) is 5.82 Å². The molecule has 1 nitrogen and oxygen atoms in total. The molecule has 62 valence electrons. The van der Waals surface area contributed by atoms with Crippen LogP contribution in [0.4, 0.5) is 4.39 Å². The molecule has 0 aliphatic carbocycles. The van der Waals surface area contributed by atoms with E-state index in [1.54, 1.807) is 24.3 Å². The average molecular weight is 164 g/mol. The number of rotatable bonds is 3. The second-order valence-corrected chi connectivity index (χ2v) is 2.36. The molecule has 0 atom stereocenters. The van der Waals surface area contributed by atoms with Gasteiger partial charge in [-0.3, -0.25) is 0 Å². The van der Waals surface area contributed by atoms with Gasteiger partial charge >= 0.3 is 0 Å². The smallest absolute Gasteiger partial charge is 0.123 e. The molecule has 0 aromatic heterocycles. The predicted molar refractivity (Wildman–Crippen MR) is 46.1 cm³/mol. The maximum atomic E-state index is 12.4. The van der Waals surface area contributed by atoms with Crippen LogP contribution in [-0.4, -0.2) is 6.29 Å². The summed E-state index contributed by atoms with van der Waals surface area (Å²) in [6, 6.07) is 6.11. The van der Waals surface area contributed by atoms with E-state index in [4.69, 9.17) is 0 Å². The molecule has 0 saturated carbocycles. The lowest BCUT2D eigenvalue weighted by atomic mass is 10.2. The Labute approximate surface area is 70.5 Å². The number of benzene rings is 1. The van der Waals surface area contributed by atoms with Gasteiger partial charge in [0.15, 0.2) is 0 Å². The Hall–Kier alpha value is -1.44. The second kappa shape index (κ2) is 4.44. The lowest BCUT2D eigenvalue weighted by Gasteiger charge is -1.90. The molecule has 2 heteroatoms. The Kier molecular flexibility index (Phi) is 3.20. The summed E-state index contributed by atoms with van der Waals surface area (Å²) in [5.74, 6) is -0.248. The van der Waals surface area contributed by atoms with Crippen LogP contribution in [0.25, 0.3) is 6.08 Å². The summed E-state index contributed by atoms with van der Waals surface area (Å²) in [6.45, 7) is 0. The van der Waals surface area contributed by atoms with Crippen LogP contribution in [-0.2, 0) is 4.79 Å². The van der Waals surface area contributed by atoms with Gasteiger partial charge in [0.25, 0.3) is 0 Å². The molecule has 0 heterocycles. The summed E-state index contributed by atoms with van der Waals surface area (Å²) < 4.78 is 12.4. The standard InChI is InChI=1S/C10H9FO/c11-10-6-4-9(5-7-10)3-1-2-8-12/h1,3-8H,2H2/b3-1+. The highest BCUT2D eigenvalue weighted by molar-refractivity contribution is 5.57. The summed E-state index contributed by atoms with van der Waals surface area (Å²) in [6.07, 6.45) is 4.74. The van der Waals surface area contributed by atoms with E-state index < -0.39 is 0 Å². The largest absolute Gasteiger partial charge is 0.303 e. The van der Waals surface area contributed by atoms with Crippen LogP contribution in [0.2, 0.25) is 0 Å². The Bertz CT molecular complexity index is 274. The van der Waals surface area contributed by atoms with Gasteiger partial charge in [0.05, 0.1) is 0 Å². The maximum Gasteiger partial charge on any atom is 0.123 e. The lowest BCUT2D eigenvalue weighted by molar-refractivity contribution is -0.107. The minimum atomic E-state index is -0.248. The highest BCUT2D eigenvalue weighted by Crippen LogP contribution is 2.04. The first-order chi connectivity index (χ1) is 5.83. The molecule has 0 spiro atoms. The number of carbonyl (C=O) groups is 1. The fourth-order valence-electron chi connectivity index (χ4n) is 0.834. The molecule has 0 unspecified atom stereocenters. The third-order valence-corrected chi connectivity index (χ3v) is 1.41. The van der Waals surface area contributed by atoms with Gasteiger partial charge in [-0.1, -0.05) is 24.3 Å². The van der Waals surface area contributed by atoms with Crippen molar-refractivity contribution < 1.29 is 9.18 Å². The van der Waals surface area contributed by atoms with Gasteiger partial charge in [-0.15, -0.1) is 0 Å². The predicted octanol–water partition coefficient (Wildman–Crippen LogP) is 2.43. The first-order valence-electron chi connectivity index (χ1n) is 3.68. The number of halogens is 1. The Balaban J connectivity index is 2.64. The van der Waals surface area contributed by atoms with E-state index in [1.807, 2.05) is 0 Å². The molecule has 0 N–H and O–H groups in total. The summed E-state index contributed by atoms with van der Waals surface area (Å²) in [5, 5.41) is 0. The fourth-order valence-corrected chi connectivity index (χ4v) is 0.834. The zero-order valence-corrected chi connectivity index (χ0v) is 6.53. The molecule has 0 fully saturated rings. The molecule has 0 bridgehead atoms. The van der Waals surface area contributed by atoms with Crippen molar-refractivity contribution in [3.63, 3.8) is 0 Å². The highest BCUT2D eigenvalue weighted by atomic mass is 19.1. The van der Waals surface area contributed by atoms with E-state index in [1.165, 1.54) is 12.1 Å². The molecule has 12 heavy (non-hydrogen) atoms. The highest BCUT2D eigenvalue weighted by Gasteiger charge is 1.87. The van der Waals surface area contributed by atoms with Crippen LogP contribution in [0.3, 0.4) is 0 Å². The van der Waals surface area contributed by atoms with E-state index in [0.29, 0.717) is 6.42 Å². The van der Waals surface area contributed by atoms with Crippen molar-refractivity contribution in [3.05, 3.63) is 41.7 Å². The zero-order chi connectivity index (χ0) is 8.81. The molecular weight excluding hydrogens is 155 g/mol. The topological polar surface area (TPSA) is 17.1 Å². The molecular formula is C10H9FO. The normalized spacial score (nSPS) is 10.4. The van der Waals surface area contributed by atoms with Crippen molar-refractivity contribution in [1.29, 1.82) is 0 Å². The van der Waals surface area contributed by atoms with Gasteiger partial charge in [-0.25, -0.2) is 4.39 Å². The number of aldehydes is 1. The van der Waals surface area contributed by atoms with Crippen LogP contribution < -0.4 is 0 Å². The second-order valence-electron chi connectivity index (χ2n) is 2.36. The minimum Gasteiger partial charge on any atom is -0.303 e. The van der Waals surface area contributed by atoms with Gasteiger partial charge in [0, 0.05) is 6.42 Å². The van der Waals surface area contributed by atoms with Gasteiger partial charge in [-0.2, -0.15) is 0 Å². The summed E-state index contributed by atoms with van der Waals surface area (Å²) in [5.41, 5.74) is 0.901. The number of hydrogen-bond acceptors (Lipinski definition) is 1. The van der Waals surface area contributed by atoms with Crippen molar-refractivity contribution in [3.8, 4) is 0 Å². The van der Waals surface area contributed by atoms with Crippen LogP contribution in [0.5, 0.6) is 0 Å². The maximum absolute atomic E-state index is 12.4. The summed E-state index contributed by atoms with van der Waals surface area (Å²) in [7, 11) is 0. The number of carbonyl (C=O) groups excluding carboxylic acids is 1. The van der Waals surface area contributed by atoms with E-state index in [0.717, 1.165) is 11.8 Å². The van der Waals surface area contributed by atoms with Crippen molar-refractivity contribution in [2.24, 2.45) is 0 Å². The van der Waals surface area contributed by atoms with Gasteiger partial charge < -0.3 is 4.79 Å². The first kappa shape index (κ1) is 8.65. The van der Waals surface area contributed by atoms with Crippen LogP contribution >= 0.6 is 0 Å². The Morgan fingerprint density at radius 2 is 1.92 bits per heavy atom. The molecule has 1 aromatic rings. The van der Waals surface area contributed by atoms with E-state index in [9.17, 15) is 9.18 Å². The van der Waals surface area contributed by atoms with Crippen molar-refractivity contribution in [1.82, 2.24) is 0 Å². The fraction of sp³-hybridized carbons (Fsp3) is 0.100. The quantitative estimate of drug-likeness (QED) is 0.627. The molecule has 0 amide bonds. The molecule has 0 saturated heterocycles. The lowest BCUT2D eigenvalue weighted by Crippen LogP contribution is -1.74. The Morgan fingerprint density at radius 3 is 2.50 bits per heavy atom. The van der Waals surface area contributed by atoms with Gasteiger partial charge in [-0.05, 0) is 17.7 Å². The van der Waals surface area contributed by atoms with Gasteiger partial charge in [0.1, 0.15) is 12.1 Å². The van der Waals surface area contributed by atoms with Crippen LogP contribution in [0, 0.1) is 5.82 Å². The van der Waals surface area contributed by atoms with Crippen LogP contribution in [0.15, 0.2) is 30.3 Å². The summed E-state index contributed by atoms with van der Waals surface area (Å²) in [4.78, 5) is 9.94. The zero-order valence-electron chi connectivity index (χ0n) is 6.53. The van der Waals surface area contributed by atoms with E-state index >= 15 is 0 Å². The Morgan fingerprint density at radius 1 is 1.25 bits per heavy atom. The average Bonchev–Trinajstić information content (AvgIpc) is 2.09. The van der Waals surface area contributed by atoms with Crippen molar-refractivity contribution >= 4 is 12.4 Å². The molecule has 1 rings (SSSR count). The molecule has 1 aromatic carbocycles. The SMILES string of the molecule is O=CC/C=C/c1ccc(F)cc1. The van der Waals surface area contributed by atoms with Crippen molar-refractivity contribution in [2.75, 3.05) is 0 Å². The molecule has 0 radical (unpaired) electrons. The molecule has 0 aliphatic rings.